The standard InChI is InChI=1S/C15H21ClN2OS/c1-9-12(19)18(13(20)17-9)8-14-3-10-2-11(4-14)6-15(16,5-10)7-14/h9-11H,2-8H2,1H3,(H,17,20)/t9-,10-,11-,14?,15?/m1/s1. The number of halogens is 1. The van der Waals surface area contributed by atoms with E-state index in [4.69, 9.17) is 23.8 Å². The maximum atomic E-state index is 12.3. The molecule has 110 valence electrons. The molecule has 4 aliphatic carbocycles. The molecule has 1 amide bonds. The third-order valence-electron chi connectivity index (χ3n) is 5.83. The van der Waals surface area contributed by atoms with Crippen molar-refractivity contribution in [2.75, 3.05) is 6.54 Å². The van der Waals surface area contributed by atoms with Gasteiger partial charge in [-0.25, -0.2) is 0 Å². The first-order valence-electron chi connectivity index (χ1n) is 7.69. The summed E-state index contributed by atoms with van der Waals surface area (Å²) in [6.45, 7) is 2.67. The zero-order valence-corrected chi connectivity index (χ0v) is 13.4. The molecule has 0 aromatic heterocycles. The van der Waals surface area contributed by atoms with Gasteiger partial charge in [-0.1, -0.05) is 0 Å². The Hall–Kier alpha value is -0.350. The van der Waals surface area contributed by atoms with E-state index in [1.54, 1.807) is 0 Å². The summed E-state index contributed by atoms with van der Waals surface area (Å²) >= 11 is 12.2. The molecule has 3 atom stereocenters. The lowest BCUT2D eigenvalue weighted by atomic mass is 9.49. The third kappa shape index (κ3) is 1.91. The fraction of sp³-hybridized carbons (Fsp3) is 0.867. The van der Waals surface area contributed by atoms with Crippen molar-refractivity contribution in [3.05, 3.63) is 0 Å². The Morgan fingerprint density at radius 3 is 2.50 bits per heavy atom. The van der Waals surface area contributed by atoms with Crippen molar-refractivity contribution < 1.29 is 4.79 Å². The van der Waals surface area contributed by atoms with Gasteiger partial charge in [0.25, 0.3) is 5.91 Å². The average Bonchev–Trinajstić information content (AvgIpc) is 2.52. The first-order chi connectivity index (χ1) is 9.38. The van der Waals surface area contributed by atoms with Gasteiger partial charge in [-0.2, -0.15) is 0 Å². The highest BCUT2D eigenvalue weighted by Gasteiger charge is 2.58. The lowest BCUT2D eigenvalue weighted by molar-refractivity contribution is -0.130. The summed E-state index contributed by atoms with van der Waals surface area (Å²) in [5.41, 5.74) is 0.220. The molecular weight excluding hydrogens is 292 g/mol. The fourth-order valence-corrected chi connectivity index (χ4v) is 6.72. The summed E-state index contributed by atoms with van der Waals surface area (Å²) in [5.74, 6) is 1.67. The van der Waals surface area contributed by atoms with Crippen LogP contribution in [0.1, 0.15) is 45.4 Å². The topological polar surface area (TPSA) is 32.3 Å². The predicted octanol–water partition coefficient (Wildman–Crippen LogP) is 2.67. The second kappa shape index (κ2) is 4.10. The van der Waals surface area contributed by atoms with E-state index >= 15 is 0 Å². The summed E-state index contributed by atoms with van der Waals surface area (Å²) in [6, 6.07) is -0.165. The Morgan fingerprint density at radius 1 is 1.35 bits per heavy atom. The number of amides is 1. The Kier molecular flexibility index (Phi) is 2.73. The molecule has 5 rings (SSSR count). The summed E-state index contributed by atoms with van der Waals surface area (Å²) in [6.07, 6.45) is 7.25. The van der Waals surface area contributed by atoms with Crippen molar-refractivity contribution in [3.63, 3.8) is 0 Å². The molecule has 1 saturated heterocycles. The normalized spacial score (nSPS) is 49.9. The molecule has 4 bridgehead atoms. The van der Waals surface area contributed by atoms with Crippen LogP contribution in [0, 0.1) is 17.3 Å². The van der Waals surface area contributed by atoms with E-state index in [-0.39, 0.29) is 22.2 Å². The lowest BCUT2D eigenvalue weighted by Crippen LogP contribution is -2.57. The minimum atomic E-state index is -0.165. The van der Waals surface area contributed by atoms with E-state index in [2.05, 4.69) is 5.32 Å². The van der Waals surface area contributed by atoms with Crippen molar-refractivity contribution in [2.24, 2.45) is 17.3 Å². The van der Waals surface area contributed by atoms with Crippen LogP contribution in [0.25, 0.3) is 0 Å². The average molecular weight is 313 g/mol. The summed E-state index contributed by atoms with van der Waals surface area (Å²) < 4.78 is 0. The zero-order valence-electron chi connectivity index (χ0n) is 11.8. The van der Waals surface area contributed by atoms with Crippen LogP contribution < -0.4 is 5.32 Å². The smallest absolute Gasteiger partial charge is 0.251 e. The minimum Gasteiger partial charge on any atom is -0.351 e. The van der Waals surface area contributed by atoms with Crippen LogP contribution in [0.5, 0.6) is 0 Å². The highest BCUT2D eigenvalue weighted by atomic mass is 35.5. The van der Waals surface area contributed by atoms with Gasteiger partial charge >= 0.3 is 0 Å². The van der Waals surface area contributed by atoms with Gasteiger partial charge in [0.15, 0.2) is 5.11 Å². The molecule has 0 aromatic carbocycles. The van der Waals surface area contributed by atoms with Gasteiger partial charge in [-0.05, 0) is 74.9 Å². The molecule has 0 unspecified atom stereocenters. The first-order valence-corrected chi connectivity index (χ1v) is 8.48. The van der Waals surface area contributed by atoms with Gasteiger partial charge < -0.3 is 5.32 Å². The molecule has 0 spiro atoms. The van der Waals surface area contributed by atoms with E-state index < -0.39 is 0 Å². The molecule has 5 heteroatoms. The van der Waals surface area contributed by atoms with Gasteiger partial charge in [-0.15, -0.1) is 11.6 Å². The Bertz CT molecular complexity index is 480. The second-order valence-electron chi connectivity index (χ2n) is 7.71. The number of hydrogen-bond acceptors (Lipinski definition) is 2. The maximum Gasteiger partial charge on any atom is 0.251 e. The number of hydrogen-bond donors (Lipinski definition) is 1. The molecule has 1 aliphatic heterocycles. The molecule has 20 heavy (non-hydrogen) atoms. The van der Waals surface area contributed by atoms with Crippen LogP contribution in [0.15, 0.2) is 0 Å². The molecule has 0 aromatic rings. The molecule has 5 fully saturated rings. The van der Waals surface area contributed by atoms with Crippen molar-refractivity contribution in [1.29, 1.82) is 0 Å². The number of alkyl halides is 1. The van der Waals surface area contributed by atoms with Crippen molar-refractivity contribution >= 4 is 34.8 Å². The molecule has 1 N–H and O–H groups in total. The van der Waals surface area contributed by atoms with Crippen LogP contribution in [-0.2, 0) is 4.79 Å². The third-order valence-corrected chi connectivity index (χ3v) is 6.61. The quantitative estimate of drug-likeness (QED) is 0.628. The number of carbonyl (C=O) groups excluding carboxylic acids is 1. The number of nitrogens with one attached hydrogen (secondary N) is 1. The molecule has 0 radical (unpaired) electrons. The molecule has 3 nitrogen and oxygen atoms in total. The van der Waals surface area contributed by atoms with E-state index in [9.17, 15) is 4.79 Å². The van der Waals surface area contributed by atoms with Gasteiger partial charge in [-0.3, -0.25) is 9.69 Å². The number of nitrogens with zero attached hydrogens (tertiary/aromatic N) is 1. The Labute approximate surface area is 130 Å². The van der Waals surface area contributed by atoms with Crippen LogP contribution in [0.2, 0.25) is 0 Å². The van der Waals surface area contributed by atoms with Gasteiger partial charge in [0.2, 0.25) is 0 Å². The number of thiocarbonyl (C=S) groups is 1. The molecule has 1 heterocycles. The van der Waals surface area contributed by atoms with Gasteiger partial charge in [0.1, 0.15) is 6.04 Å². The highest BCUT2D eigenvalue weighted by Crippen LogP contribution is 2.64. The molecular formula is C15H21ClN2OS. The molecule has 5 aliphatic rings. The SMILES string of the molecule is C[C@H]1NC(=S)N(CC23C[C@H]4C[C@@H](CC(Cl)(C4)C2)C3)C1=O. The fourth-order valence-electron chi connectivity index (χ4n) is 5.66. The zero-order chi connectivity index (χ0) is 14.1. The van der Waals surface area contributed by atoms with E-state index in [0.717, 1.165) is 24.8 Å². The van der Waals surface area contributed by atoms with Crippen LogP contribution in [0.4, 0.5) is 0 Å². The van der Waals surface area contributed by atoms with E-state index in [1.165, 1.54) is 32.1 Å². The van der Waals surface area contributed by atoms with Crippen molar-refractivity contribution in [1.82, 2.24) is 10.2 Å². The monoisotopic (exact) mass is 312 g/mol. The van der Waals surface area contributed by atoms with Crippen molar-refractivity contribution in [2.45, 2.75) is 56.4 Å². The maximum absolute atomic E-state index is 12.3. The second-order valence-corrected chi connectivity index (χ2v) is 8.90. The largest absolute Gasteiger partial charge is 0.351 e. The Morgan fingerprint density at radius 2 is 2.00 bits per heavy atom. The summed E-state index contributed by atoms with van der Waals surface area (Å²) in [7, 11) is 0. The summed E-state index contributed by atoms with van der Waals surface area (Å²) in [4.78, 5) is 14.1. The highest BCUT2D eigenvalue weighted by molar-refractivity contribution is 7.80. The van der Waals surface area contributed by atoms with Gasteiger partial charge in [0.05, 0.1) is 0 Å². The predicted molar refractivity (Wildman–Crippen MR) is 82.6 cm³/mol. The van der Waals surface area contributed by atoms with Crippen LogP contribution in [-0.4, -0.2) is 33.4 Å². The van der Waals surface area contributed by atoms with Crippen LogP contribution in [0.3, 0.4) is 0 Å². The lowest BCUT2D eigenvalue weighted by Gasteiger charge is -2.60. The van der Waals surface area contributed by atoms with Crippen LogP contribution >= 0.6 is 23.8 Å². The number of rotatable bonds is 2. The van der Waals surface area contributed by atoms with E-state index in [1.807, 2.05) is 11.8 Å². The first kappa shape index (κ1) is 13.3. The van der Waals surface area contributed by atoms with Crippen molar-refractivity contribution in [3.8, 4) is 0 Å². The summed E-state index contributed by atoms with van der Waals surface area (Å²) in [5, 5.41) is 3.70. The van der Waals surface area contributed by atoms with E-state index in [0.29, 0.717) is 5.11 Å². The Balaban J connectivity index is 1.59. The van der Waals surface area contributed by atoms with Gasteiger partial charge in [0, 0.05) is 11.4 Å². The molecule has 4 saturated carbocycles. The minimum absolute atomic E-state index is 0.00746. The number of carbonyl (C=O) groups is 1.